The normalized spacial score (nSPS) is 16.8. The Morgan fingerprint density at radius 2 is 1.93 bits per heavy atom. The second-order valence-corrected chi connectivity index (χ2v) is 4.44. The number of nitrogens with zero attached hydrogens (tertiary/aromatic N) is 1. The molecule has 0 aromatic carbocycles. The van der Waals surface area contributed by atoms with Crippen molar-refractivity contribution in [2.75, 3.05) is 12.3 Å². The maximum Gasteiger partial charge on any atom is 0.288 e. The molecule has 0 N–H and O–H groups in total. The van der Waals surface area contributed by atoms with Gasteiger partial charge in [0.05, 0.1) is 5.75 Å². The first-order valence-electron chi connectivity index (χ1n) is 5.23. The topological polar surface area (TPSA) is 37.4 Å². The highest BCUT2D eigenvalue weighted by molar-refractivity contribution is 8.14. The monoisotopic (exact) mass is 215 g/mol. The zero-order valence-electron chi connectivity index (χ0n) is 8.62. The van der Waals surface area contributed by atoms with Crippen molar-refractivity contribution in [1.82, 2.24) is 4.90 Å². The van der Waals surface area contributed by atoms with E-state index in [1.165, 1.54) is 24.2 Å². The van der Waals surface area contributed by atoms with Crippen molar-refractivity contribution in [3.63, 3.8) is 0 Å². The quantitative estimate of drug-likeness (QED) is 0.639. The molecule has 1 fully saturated rings. The molecule has 0 bridgehead atoms. The SMILES string of the molecule is CCCCCCCN1C(=O)CSC1=O. The largest absolute Gasteiger partial charge is 0.288 e. The number of unbranched alkanes of at least 4 members (excludes halogenated alkanes) is 4. The van der Waals surface area contributed by atoms with Crippen LogP contribution in [0.2, 0.25) is 0 Å². The van der Waals surface area contributed by atoms with E-state index in [-0.39, 0.29) is 11.1 Å². The zero-order valence-corrected chi connectivity index (χ0v) is 9.44. The Labute approximate surface area is 89.2 Å². The van der Waals surface area contributed by atoms with Gasteiger partial charge in [0.2, 0.25) is 5.91 Å². The van der Waals surface area contributed by atoms with E-state index in [1.807, 2.05) is 0 Å². The Balaban J connectivity index is 2.11. The highest BCUT2D eigenvalue weighted by Gasteiger charge is 2.28. The average Bonchev–Trinajstić information content (AvgIpc) is 2.48. The molecule has 4 heteroatoms. The van der Waals surface area contributed by atoms with Gasteiger partial charge in [-0.2, -0.15) is 0 Å². The van der Waals surface area contributed by atoms with Crippen molar-refractivity contribution < 1.29 is 9.59 Å². The van der Waals surface area contributed by atoms with Gasteiger partial charge in [-0.3, -0.25) is 14.5 Å². The Morgan fingerprint density at radius 3 is 2.50 bits per heavy atom. The van der Waals surface area contributed by atoms with Crippen LogP contribution in [-0.2, 0) is 4.79 Å². The van der Waals surface area contributed by atoms with Gasteiger partial charge in [0.15, 0.2) is 0 Å². The minimum absolute atomic E-state index is 0.0181. The first-order valence-corrected chi connectivity index (χ1v) is 6.21. The average molecular weight is 215 g/mol. The van der Waals surface area contributed by atoms with Gasteiger partial charge in [-0.15, -0.1) is 0 Å². The molecule has 1 aliphatic rings. The summed E-state index contributed by atoms with van der Waals surface area (Å²) < 4.78 is 0. The summed E-state index contributed by atoms with van der Waals surface area (Å²) in [5, 5.41) is -0.0644. The van der Waals surface area contributed by atoms with E-state index in [0.717, 1.165) is 24.6 Å². The third kappa shape index (κ3) is 3.33. The molecule has 0 spiro atoms. The molecule has 0 atom stereocenters. The molecule has 3 nitrogen and oxygen atoms in total. The van der Waals surface area contributed by atoms with Crippen LogP contribution in [0.4, 0.5) is 4.79 Å². The van der Waals surface area contributed by atoms with Crippen LogP contribution < -0.4 is 0 Å². The van der Waals surface area contributed by atoms with Crippen LogP contribution in [0.15, 0.2) is 0 Å². The Bertz CT molecular complexity index is 202. The standard InChI is InChI=1S/C10H17NO2S/c1-2-3-4-5-6-7-11-9(12)8-14-10(11)13/h2-8H2,1H3. The Hall–Kier alpha value is -0.510. The number of hydrogen-bond donors (Lipinski definition) is 0. The Kier molecular flexibility index (Phi) is 5.01. The van der Waals surface area contributed by atoms with Crippen LogP contribution in [0.3, 0.4) is 0 Å². The number of thioether (sulfide) groups is 1. The van der Waals surface area contributed by atoms with Gasteiger partial charge < -0.3 is 0 Å². The predicted molar refractivity (Wildman–Crippen MR) is 58.3 cm³/mol. The van der Waals surface area contributed by atoms with E-state index >= 15 is 0 Å². The summed E-state index contributed by atoms with van der Waals surface area (Å²) in [6.07, 6.45) is 5.75. The zero-order chi connectivity index (χ0) is 10.4. The molecular formula is C10H17NO2S. The number of imide groups is 1. The molecule has 1 saturated heterocycles. The number of rotatable bonds is 6. The smallest absolute Gasteiger partial charge is 0.273 e. The van der Waals surface area contributed by atoms with Crippen LogP contribution in [-0.4, -0.2) is 28.3 Å². The minimum atomic E-state index is -0.0644. The molecule has 1 heterocycles. The van der Waals surface area contributed by atoms with E-state index < -0.39 is 0 Å². The maximum atomic E-state index is 11.2. The first-order chi connectivity index (χ1) is 6.75. The predicted octanol–water partition coefficient (Wildman–Crippen LogP) is 2.65. The van der Waals surface area contributed by atoms with Crippen LogP contribution in [0.1, 0.15) is 39.0 Å². The molecule has 1 aliphatic heterocycles. The molecule has 80 valence electrons. The molecule has 0 unspecified atom stereocenters. The summed E-state index contributed by atoms with van der Waals surface area (Å²) in [6.45, 7) is 2.79. The molecular weight excluding hydrogens is 198 g/mol. The summed E-state index contributed by atoms with van der Waals surface area (Å²) in [7, 11) is 0. The molecule has 14 heavy (non-hydrogen) atoms. The van der Waals surface area contributed by atoms with Crippen molar-refractivity contribution in [2.45, 2.75) is 39.0 Å². The summed E-state index contributed by atoms with van der Waals surface area (Å²) >= 11 is 1.12. The van der Waals surface area contributed by atoms with Crippen LogP contribution >= 0.6 is 11.8 Å². The number of carbonyl (C=O) groups excluding carboxylic acids is 2. The summed E-state index contributed by atoms with van der Waals surface area (Å²) in [5.74, 6) is 0.323. The van der Waals surface area contributed by atoms with Crippen molar-refractivity contribution in [2.24, 2.45) is 0 Å². The lowest BCUT2D eigenvalue weighted by molar-refractivity contribution is -0.124. The molecule has 0 aromatic rings. The minimum Gasteiger partial charge on any atom is -0.273 e. The van der Waals surface area contributed by atoms with Crippen molar-refractivity contribution in [1.29, 1.82) is 0 Å². The molecule has 0 aromatic heterocycles. The van der Waals surface area contributed by atoms with E-state index in [2.05, 4.69) is 6.92 Å². The van der Waals surface area contributed by atoms with Crippen molar-refractivity contribution >= 4 is 22.9 Å². The van der Waals surface area contributed by atoms with Gasteiger partial charge in [0, 0.05) is 6.54 Å². The lowest BCUT2D eigenvalue weighted by Crippen LogP contribution is -2.29. The Morgan fingerprint density at radius 1 is 1.21 bits per heavy atom. The number of hydrogen-bond acceptors (Lipinski definition) is 3. The summed E-state index contributed by atoms with van der Waals surface area (Å²) in [5.41, 5.74) is 0. The van der Waals surface area contributed by atoms with E-state index in [4.69, 9.17) is 0 Å². The number of carbonyl (C=O) groups is 2. The fourth-order valence-electron chi connectivity index (χ4n) is 1.47. The lowest BCUT2D eigenvalue weighted by Gasteiger charge is -2.11. The van der Waals surface area contributed by atoms with Gasteiger partial charge in [-0.05, 0) is 6.42 Å². The molecule has 0 saturated carbocycles. The lowest BCUT2D eigenvalue weighted by atomic mass is 10.1. The fourth-order valence-corrected chi connectivity index (χ4v) is 2.22. The fraction of sp³-hybridized carbons (Fsp3) is 0.800. The third-order valence-corrected chi connectivity index (χ3v) is 3.18. The van der Waals surface area contributed by atoms with E-state index in [0.29, 0.717) is 12.3 Å². The number of amides is 2. The van der Waals surface area contributed by atoms with Gasteiger partial charge in [-0.25, -0.2) is 0 Å². The highest BCUT2D eigenvalue weighted by Crippen LogP contribution is 2.19. The summed E-state index contributed by atoms with van der Waals surface area (Å²) in [6, 6.07) is 0. The van der Waals surface area contributed by atoms with Gasteiger partial charge >= 0.3 is 0 Å². The molecule has 2 amide bonds. The van der Waals surface area contributed by atoms with Gasteiger partial charge in [0.25, 0.3) is 5.24 Å². The summed E-state index contributed by atoms with van der Waals surface area (Å²) in [4.78, 5) is 23.7. The molecule has 0 aliphatic carbocycles. The van der Waals surface area contributed by atoms with Crippen molar-refractivity contribution in [3.8, 4) is 0 Å². The second kappa shape index (κ2) is 6.06. The van der Waals surface area contributed by atoms with E-state index in [1.54, 1.807) is 0 Å². The van der Waals surface area contributed by atoms with Crippen molar-refractivity contribution in [3.05, 3.63) is 0 Å². The maximum absolute atomic E-state index is 11.2. The molecule has 1 rings (SSSR count). The highest BCUT2D eigenvalue weighted by atomic mass is 32.2. The third-order valence-electron chi connectivity index (χ3n) is 2.33. The van der Waals surface area contributed by atoms with Gasteiger partial charge in [0.1, 0.15) is 0 Å². The van der Waals surface area contributed by atoms with Crippen LogP contribution in [0, 0.1) is 0 Å². The first kappa shape index (κ1) is 11.6. The van der Waals surface area contributed by atoms with Gasteiger partial charge in [-0.1, -0.05) is 44.4 Å². The van der Waals surface area contributed by atoms with E-state index in [9.17, 15) is 9.59 Å². The second-order valence-electron chi connectivity index (χ2n) is 3.51. The van der Waals surface area contributed by atoms with Crippen LogP contribution in [0.5, 0.6) is 0 Å². The molecule has 0 radical (unpaired) electrons. The van der Waals surface area contributed by atoms with Crippen LogP contribution in [0.25, 0.3) is 0 Å².